The van der Waals surface area contributed by atoms with Gasteiger partial charge < -0.3 is 5.32 Å². The Kier molecular flexibility index (Phi) is 7.43. The Labute approximate surface area is 215 Å². The first-order valence-electron chi connectivity index (χ1n) is 12.1. The third-order valence-electron chi connectivity index (χ3n) is 6.12. The van der Waals surface area contributed by atoms with Crippen molar-refractivity contribution in [3.05, 3.63) is 125 Å². The van der Waals surface area contributed by atoms with E-state index in [1.807, 2.05) is 42.5 Å². The number of aryl methyl sites for hydroxylation is 1. The summed E-state index contributed by atoms with van der Waals surface area (Å²) in [7, 11) is 0. The summed E-state index contributed by atoms with van der Waals surface area (Å²) in [5.74, 6) is 0.764. The van der Waals surface area contributed by atoms with Crippen molar-refractivity contribution >= 4 is 28.8 Å². The van der Waals surface area contributed by atoms with Crippen molar-refractivity contribution < 1.29 is 4.79 Å². The summed E-state index contributed by atoms with van der Waals surface area (Å²) < 4.78 is 2.15. The van der Waals surface area contributed by atoms with Crippen LogP contribution in [-0.4, -0.2) is 20.4 Å². The van der Waals surface area contributed by atoms with Crippen LogP contribution < -0.4 is 5.32 Å². The van der Waals surface area contributed by atoms with Crippen LogP contribution in [0.15, 0.2) is 102 Å². The summed E-state index contributed by atoms with van der Waals surface area (Å²) in [6, 6.07) is 30.4. The van der Waals surface area contributed by atoms with E-state index >= 15 is 0 Å². The molecule has 0 aliphatic carbocycles. The zero-order valence-corrected chi connectivity index (χ0v) is 21.0. The normalized spacial score (nSPS) is 11.0. The Hall–Kier alpha value is -3.90. The van der Waals surface area contributed by atoms with Gasteiger partial charge in [-0.3, -0.25) is 9.36 Å². The molecule has 6 heteroatoms. The molecule has 5 rings (SSSR count). The molecule has 0 aliphatic rings. The van der Waals surface area contributed by atoms with Crippen LogP contribution in [0, 0.1) is 0 Å². The monoisotopic (exact) mass is 492 g/mol. The van der Waals surface area contributed by atoms with Gasteiger partial charge in [0, 0.05) is 24.1 Å². The van der Waals surface area contributed by atoms with Crippen molar-refractivity contribution in [3.63, 3.8) is 0 Å². The Morgan fingerprint density at radius 3 is 2.31 bits per heavy atom. The third kappa shape index (κ3) is 5.66. The SMILES string of the molecule is CCc1ccc(CNC(=O)c2ccc(Cn3c(SCc4ccccc4)nc4cccnc43)cc2)cc1. The van der Waals surface area contributed by atoms with Crippen molar-refractivity contribution in [1.82, 2.24) is 19.9 Å². The molecule has 2 aromatic heterocycles. The van der Waals surface area contributed by atoms with Gasteiger partial charge in [0.05, 0.1) is 6.54 Å². The highest BCUT2D eigenvalue weighted by Crippen LogP contribution is 2.27. The molecule has 0 radical (unpaired) electrons. The fourth-order valence-corrected chi connectivity index (χ4v) is 4.99. The van der Waals surface area contributed by atoms with Gasteiger partial charge in [0.15, 0.2) is 10.8 Å². The first-order chi connectivity index (χ1) is 17.7. The Bertz CT molecular complexity index is 1440. The maximum atomic E-state index is 12.7. The average molecular weight is 493 g/mol. The zero-order valence-electron chi connectivity index (χ0n) is 20.2. The van der Waals surface area contributed by atoms with Gasteiger partial charge in [0.2, 0.25) is 0 Å². The van der Waals surface area contributed by atoms with Gasteiger partial charge in [-0.25, -0.2) is 9.97 Å². The summed E-state index contributed by atoms with van der Waals surface area (Å²) in [6.07, 6.45) is 2.81. The van der Waals surface area contributed by atoms with Gasteiger partial charge >= 0.3 is 0 Å². The number of nitrogens with one attached hydrogen (secondary N) is 1. The minimum atomic E-state index is -0.0741. The highest BCUT2D eigenvalue weighted by molar-refractivity contribution is 7.98. The van der Waals surface area contributed by atoms with Gasteiger partial charge in [0.1, 0.15) is 5.52 Å². The van der Waals surface area contributed by atoms with Crippen molar-refractivity contribution in [3.8, 4) is 0 Å². The number of imidazole rings is 1. The van der Waals surface area contributed by atoms with Crippen LogP contribution in [0.25, 0.3) is 11.2 Å². The number of aromatic nitrogens is 3. The molecule has 0 saturated carbocycles. The topological polar surface area (TPSA) is 59.8 Å². The second-order valence-corrected chi connectivity index (χ2v) is 9.59. The fraction of sp³-hybridized carbons (Fsp3) is 0.167. The van der Waals surface area contributed by atoms with Gasteiger partial charge in [-0.2, -0.15) is 0 Å². The number of hydrogen-bond acceptors (Lipinski definition) is 4. The lowest BCUT2D eigenvalue weighted by Crippen LogP contribution is -2.22. The van der Waals surface area contributed by atoms with E-state index in [-0.39, 0.29) is 5.91 Å². The van der Waals surface area contributed by atoms with Crippen LogP contribution in [0.5, 0.6) is 0 Å². The van der Waals surface area contributed by atoms with Crippen LogP contribution >= 0.6 is 11.8 Å². The lowest BCUT2D eigenvalue weighted by Gasteiger charge is -2.10. The number of carbonyl (C=O) groups is 1. The number of pyridine rings is 1. The predicted octanol–water partition coefficient (Wildman–Crippen LogP) is 6.26. The van der Waals surface area contributed by atoms with Crippen LogP contribution in [0.2, 0.25) is 0 Å². The van der Waals surface area contributed by atoms with E-state index in [2.05, 4.69) is 70.3 Å². The second-order valence-electron chi connectivity index (χ2n) is 8.65. The van der Waals surface area contributed by atoms with E-state index in [0.29, 0.717) is 18.7 Å². The molecule has 0 bridgehead atoms. The summed E-state index contributed by atoms with van der Waals surface area (Å²) in [4.78, 5) is 22.1. The largest absolute Gasteiger partial charge is 0.348 e. The molecule has 180 valence electrons. The van der Waals surface area contributed by atoms with E-state index in [4.69, 9.17) is 4.98 Å². The molecule has 2 heterocycles. The first-order valence-corrected chi connectivity index (χ1v) is 13.1. The minimum Gasteiger partial charge on any atom is -0.348 e. The van der Waals surface area contributed by atoms with E-state index < -0.39 is 0 Å². The molecular formula is C30H28N4OS. The van der Waals surface area contributed by atoms with Crippen molar-refractivity contribution in [1.29, 1.82) is 0 Å². The molecule has 0 saturated heterocycles. The number of benzene rings is 3. The first kappa shape index (κ1) is 23.8. The smallest absolute Gasteiger partial charge is 0.251 e. The third-order valence-corrected chi connectivity index (χ3v) is 7.17. The molecule has 1 amide bonds. The van der Waals surface area contributed by atoms with Crippen LogP contribution in [0.3, 0.4) is 0 Å². The number of nitrogens with zero attached hydrogens (tertiary/aromatic N) is 3. The van der Waals surface area contributed by atoms with Crippen LogP contribution in [-0.2, 0) is 25.3 Å². The molecule has 36 heavy (non-hydrogen) atoms. The van der Waals surface area contributed by atoms with E-state index in [0.717, 1.165) is 39.6 Å². The maximum Gasteiger partial charge on any atom is 0.251 e. The lowest BCUT2D eigenvalue weighted by molar-refractivity contribution is 0.0951. The van der Waals surface area contributed by atoms with Crippen molar-refractivity contribution in [2.45, 2.75) is 37.3 Å². The molecule has 5 nitrogen and oxygen atoms in total. The van der Waals surface area contributed by atoms with E-state index in [1.54, 1.807) is 18.0 Å². The Balaban J connectivity index is 1.27. The number of carbonyl (C=O) groups excluding carboxylic acids is 1. The Morgan fingerprint density at radius 1 is 0.833 bits per heavy atom. The van der Waals surface area contributed by atoms with Crippen molar-refractivity contribution in [2.75, 3.05) is 0 Å². The van der Waals surface area contributed by atoms with E-state index in [9.17, 15) is 4.79 Å². The van der Waals surface area contributed by atoms with Gasteiger partial charge in [0.25, 0.3) is 5.91 Å². The highest BCUT2D eigenvalue weighted by Gasteiger charge is 2.13. The molecule has 3 aromatic carbocycles. The summed E-state index contributed by atoms with van der Waals surface area (Å²) in [5.41, 5.74) is 7.13. The molecule has 0 aliphatic heterocycles. The average Bonchev–Trinajstić information content (AvgIpc) is 3.29. The number of fused-ring (bicyclic) bond motifs is 1. The maximum absolute atomic E-state index is 12.7. The molecular weight excluding hydrogens is 464 g/mol. The van der Waals surface area contributed by atoms with Crippen LogP contribution in [0.4, 0.5) is 0 Å². The number of thioether (sulfide) groups is 1. The van der Waals surface area contributed by atoms with Crippen molar-refractivity contribution in [2.24, 2.45) is 0 Å². The fourth-order valence-electron chi connectivity index (χ4n) is 4.03. The van der Waals surface area contributed by atoms with E-state index in [1.165, 1.54) is 11.1 Å². The van der Waals surface area contributed by atoms with Gasteiger partial charge in [-0.05, 0) is 52.9 Å². The summed E-state index contributed by atoms with van der Waals surface area (Å²) >= 11 is 1.71. The number of amides is 1. The summed E-state index contributed by atoms with van der Waals surface area (Å²) in [5, 5.41) is 3.95. The minimum absolute atomic E-state index is 0.0741. The highest BCUT2D eigenvalue weighted by atomic mass is 32.2. The van der Waals surface area contributed by atoms with Gasteiger partial charge in [-0.15, -0.1) is 0 Å². The quantitative estimate of drug-likeness (QED) is 0.247. The molecule has 0 atom stereocenters. The lowest BCUT2D eigenvalue weighted by atomic mass is 10.1. The number of rotatable bonds is 9. The van der Waals surface area contributed by atoms with Crippen LogP contribution in [0.1, 0.15) is 39.5 Å². The molecule has 0 spiro atoms. The molecule has 0 fully saturated rings. The number of hydrogen-bond donors (Lipinski definition) is 1. The summed E-state index contributed by atoms with van der Waals surface area (Å²) in [6.45, 7) is 3.28. The van der Waals surface area contributed by atoms with Gasteiger partial charge in [-0.1, -0.05) is 85.4 Å². The Morgan fingerprint density at radius 2 is 1.56 bits per heavy atom. The molecule has 0 unspecified atom stereocenters. The predicted molar refractivity (Wildman–Crippen MR) is 146 cm³/mol. The standard InChI is InChI=1S/C30H28N4OS/c1-2-22-10-12-23(13-11-22)19-32-29(35)26-16-14-24(15-17-26)20-34-28-27(9-6-18-31-28)33-30(34)36-21-25-7-4-3-5-8-25/h3-18H,2,19-21H2,1H3,(H,32,35). The zero-order chi connectivity index (χ0) is 24.7. The second kappa shape index (κ2) is 11.2. The molecule has 5 aromatic rings. The molecule has 1 N–H and O–H groups in total.